The van der Waals surface area contributed by atoms with Crippen LogP contribution in [0.4, 0.5) is 23.2 Å². The molecule has 1 aromatic rings. The van der Waals surface area contributed by atoms with E-state index in [4.69, 9.17) is 9.47 Å². The Kier molecular flexibility index (Phi) is 5.20. The number of hydrogen-bond acceptors (Lipinski definition) is 5. The predicted molar refractivity (Wildman–Crippen MR) is 84.8 cm³/mol. The summed E-state index contributed by atoms with van der Waals surface area (Å²) in [6.07, 6.45) is -4.06. The topological polar surface area (TPSA) is 64.6 Å². The molecule has 1 N–H and O–H groups in total. The van der Waals surface area contributed by atoms with E-state index >= 15 is 0 Å². The van der Waals surface area contributed by atoms with Gasteiger partial charge in [0.1, 0.15) is 5.82 Å². The molecule has 0 aliphatic carbocycles. The highest BCUT2D eigenvalue weighted by Gasteiger charge is 2.40. The minimum atomic E-state index is -4.78. The van der Waals surface area contributed by atoms with E-state index in [0.29, 0.717) is 6.07 Å². The Morgan fingerprint density at radius 3 is 2.16 bits per heavy atom. The van der Waals surface area contributed by atoms with Crippen LogP contribution in [0.5, 0.6) is 0 Å². The zero-order valence-corrected chi connectivity index (χ0v) is 15.7. The van der Waals surface area contributed by atoms with Crippen molar-refractivity contribution in [1.29, 1.82) is 0 Å². The Hall–Kier alpha value is -1.62. The van der Waals surface area contributed by atoms with E-state index in [1.54, 1.807) is 0 Å². The standard InChI is InChI=1S/C14H9Br2F4NO4/c1-13(2)24-11(22)5(12(23)25-13)4-21-10-7(17)3-6(15)8(9(10)16)14(18,19)20/h3-4,21H,1-2H3. The van der Waals surface area contributed by atoms with Gasteiger partial charge >= 0.3 is 18.1 Å². The third kappa shape index (κ3) is 4.14. The van der Waals surface area contributed by atoms with E-state index in [9.17, 15) is 27.2 Å². The number of halogens is 6. The molecule has 1 fully saturated rings. The van der Waals surface area contributed by atoms with Gasteiger partial charge in [-0.3, -0.25) is 0 Å². The fraction of sp³-hybridized carbons (Fsp3) is 0.286. The monoisotopic (exact) mass is 489 g/mol. The van der Waals surface area contributed by atoms with Crippen molar-refractivity contribution in [3.05, 3.63) is 38.2 Å². The van der Waals surface area contributed by atoms with Crippen LogP contribution in [0.15, 0.2) is 26.8 Å². The quantitative estimate of drug-likeness (QED) is 0.286. The Labute approximate surface area is 155 Å². The number of hydrogen-bond donors (Lipinski definition) is 1. The minimum absolute atomic E-state index is 0.513. The van der Waals surface area contributed by atoms with Crippen molar-refractivity contribution in [3.63, 3.8) is 0 Å². The fourth-order valence-corrected chi connectivity index (χ4v) is 3.54. The van der Waals surface area contributed by atoms with Gasteiger partial charge in [-0.25, -0.2) is 14.0 Å². The van der Waals surface area contributed by atoms with Gasteiger partial charge in [-0.2, -0.15) is 13.2 Å². The van der Waals surface area contributed by atoms with E-state index in [1.165, 1.54) is 13.8 Å². The van der Waals surface area contributed by atoms with Gasteiger partial charge in [0.15, 0.2) is 5.57 Å². The van der Waals surface area contributed by atoms with Gasteiger partial charge in [-0.05, 0) is 22.0 Å². The molecule has 25 heavy (non-hydrogen) atoms. The van der Waals surface area contributed by atoms with Crippen LogP contribution >= 0.6 is 31.9 Å². The number of alkyl halides is 3. The average molecular weight is 491 g/mol. The molecular formula is C14H9Br2F4NO4. The molecule has 0 atom stereocenters. The molecule has 1 saturated heterocycles. The second-order valence-electron chi connectivity index (χ2n) is 5.28. The summed E-state index contributed by atoms with van der Waals surface area (Å²) in [5, 5.41) is 2.17. The van der Waals surface area contributed by atoms with Crippen LogP contribution in [0.25, 0.3) is 0 Å². The lowest BCUT2D eigenvalue weighted by Gasteiger charge is -2.29. The number of anilines is 1. The van der Waals surface area contributed by atoms with Crippen molar-refractivity contribution in [2.45, 2.75) is 25.8 Å². The molecule has 11 heteroatoms. The summed E-state index contributed by atoms with van der Waals surface area (Å²) >= 11 is 5.32. The first-order chi connectivity index (χ1) is 11.3. The number of ether oxygens (including phenoxy) is 2. The highest BCUT2D eigenvalue weighted by Crippen LogP contribution is 2.44. The number of carbonyl (C=O) groups excluding carboxylic acids is 2. The molecule has 0 bridgehead atoms. The summed E-state index contributed by atoms with van der Waals surface area (Å²) in [6.45, 7) is 2.65. The zero-order chi connectivity index (χ0) is 19.2. The Morgan fingerprint density at radius 2 is 1.68 bits per heavy atom. The SMILES string of the molecule is CC1(C)OC(=O)C(=CNc2c(F)cc(Br)c(C(F)(F)F)c2Br)C(=O)O1. The van der Waals surface area contributed by atoms with Crippen molar-refractivity contribution >= 4 is 49.5 Å². The number of carbonyl (C=O) groups is 2. The molecule has 136 valence electrons. The molecule has 5 nitrogen and oxygen atoms in total. The third-order valence-corrected chi connectivity index (χ3v) is 4.35. The summed E-state index contributed by atoms with van der Waals surface area (Å²) in [6, 6.07) is 0.606. The minimum Gasteiger partial charge on any atom is -0.419 e. The lowest BCUT2D eigenvalue weighted by atomic mass is 10.1. The van der Waals surface area contributed by atoms with Crippen molar-refractivity contribution in [2.75, 3.05) is 5.32 Å². The van der Waals surface area contributed by atoms with E-state index in [1.807, 2.05) is 0 Å². The van der Waals surface area contributed by atoms with Crippen LogP contribution < -0.4 is 5.32 Å². The molecule has 2 rings (SSSR count). The maximum absolute atomic E-state index is 14.0. The summed E-state index contributed by atoms with van der Waals surface area (Å²) in [7, 11) is 0. The van der Waals surface area contributed by atoms with Gasteiger partial charge in [-0.15, -0.1) is 0 Å². The maximum atomic E-state index is 14.0. The number of benzene rings is 1. The molecular weight excluding hydrogens is 482 g/mol. The van der Waals surface area contributed by atoms with Gasteiger partial charge in [0, 0.05) is 24.5 Å². The summed E-state index contributed by atoms with van der Waals surface area (Å²) in [5.41, 5.74) is -2.40. The van der Waals surface area contributed by atoms with Gasteiger partial charge < -0.3 is 14.8 Å². The van der Waals surface area contributed by atoms with E-state index in [0.717, 1.165) is 6.20 Å². The normalized spacial score (nSPS) is 17.0. The Morgan fingerprint density at radius 1 is 1.16 bits per heavy atom. The summed E-state index contributed by atoms with van der Waals surface area (Å²) in [4.78, 5) is 23.5. The van der Waals surface area contributed by atoms with Crippen LogP contribution in [-0.2, 0) is 25.2 Å². The maximum Gasteiger partial charge on any atom is 0.418 e. The Bertz CT molecular complexity index is 768. The molecule has 0 amide bonds. The molecule has 0 saturated carbocycles. The number of nitrogens with one attached hydrogen (secondary N) is 1. The van der Waals surface area contributed by atoms with E-state index < -0.39 is 55.5 Å². The fourth-order valence-electron chi connectivity index (χ4n) is 1.91. The van der Waals surface area contributed by atoms with E-state index in [-0.39, 0.29) is 0 Å². The van der Waals surface area contributed by atoms with Crippen molar-refractivity contribution in [2.24, 2.45) is 0 Å². The van der Waals surface area contributed by atoms with Crippen LogP contribution in [0, 0.1) is 5.82 Å². The smallest absolute Gasteiger partial charge is 0.418 e. The number of rotatable bonds is 2. The molecule has 0 aromatic heterocycles. The molecule has 0 radical (unpaired) electrons. The second kappa shape index (κ2) is 6.60. The molecule has 1 aliphatic rings. The lowest BCUT2D eigenvalue weighted by Crippen LogP contribution is -2.42. The van der Waals surface area contributed by atoms with Gasteiger partial charge in [-0.1, -0.05) is 15.9 Å². The van der Waals surface area contributed by atoms with Gasteiger partial charge in [0.05, 0.1) is 15.7 Å². The highest BCUT2D eigenvalue weighted by molar-refractivity contribution is 9.11. The lowest BCUT2D eigenvalue weighted by molar-refractivity contribution is -0.222. The highest BCUT2D eigenvalue weighted by atomic mass is 79.9. The molecule has 0 spiro atoms. The first-order valence-electron chi connectivity index (χ1n) is 6.51. The van der Waals surface area contributed by atoms with Gasteiger partial charge in [0.25, 0.3) is 5.79 Å². The van der Waals surface area contributed by atoms with Crippen LogP contribution in [0.3, 0.4) is 0 Å². The zero-order valence-electron chi connectivity index (χ0n) is 12.6. The van der Waals surface area contributed by atoms with Crippen LogP contribution in [-0.4, -0.2) is 17.7 Å². The van der Waals surface area contributed by atoms with E-state index in [2.05, 4.69) is 37.2 Å². The second-order valence-corrected chi connectivity index (χ2v) is 6.93. The third-order valence-electron chi connectivity index (χ3n) is 2.93. The summed E-state index contributed by atoms with van der Waals surface area (Å²) < 4.78 is 61.6. The largest absolute Gasteiger partial charge is 0.419 e. The first kappa shape index (κ1) is 19.7. The Balaban J connectivity index is 2.42. The molecule has 1 heterocycles. The van der Waals surface area contributed by atoms with Crippen LogP contribution in [0.1, 0.15) is 19.4 Å². The van der Waals surface area contributed by atoms with Gasteiger partial charge in [0.2, 0.25) is 0 Å². The van der Waals surface area contributed by atoms with Crippen LogP contribution in [0.2, 0.25) is 0 Å². The summed E-state index contributed by atoms with van der Waals surface area (Å²) in [5.74, 6) is -4.64. The molecule has 0 unspecified atom stereocenters. The predicted octanol–water partition coefficient (Wildman–Crippen LogP) is 4.50. The van der Waals surface area contributed by atoms with Crippen molar-refractivity contribution in [3.8, 4) is 0 Å². The molecule has 1 aliphatic heterocycles. The molecule has 1 aromatic carbocycles. The first-order valence-corrected chi connectivity index (χ1v) is 8.10. The average Bonchev–Trinajstić information content (AvgIpc) is 2.37. The number of esters is 2. The van der Waals surface area contributed by atoms with Crippen molar-refractivity contribution in [1.82, 2.24) is 0 Å². The number of cyclic esters (lactones) is 2. The van der Waals surface area contributed by atoms with Crippen molar-refractivity contribution < 1.29 is 36.6 Å².